The Kier molecular flexibility index (Phi) is 8.89. The largest absolute Gasteiger partial charge is 0.390 e. The molecule has 2 aromatic heterocycles. The minimum absolute atomic E-state index is 0.0206. The van der Waals surface area contributed by atoms with E-state index in [-0.39, 0.29) is 29.7 Å². The van der Waals surface area contributed by atoms with Crippen molar-refractivity contribution in [2.75, 3.05) is 40.1 Å². The lowest BCUT2D eigenvalue weighted by molar-refractivity contribution is -0.134. The predicted octanol–water partition coefficient (Wildman–Crippen LogP) is 4.66. The highest BCUT2D eigenvalue weighted by atomic mass is 35.5. The molecule has 0 radical (unpaired) electrons. The van der Waals surface area contributed by atoms with Gasteiger partial charge in [-0.05, 0) is 74.9 Å². The number of rotatable bonds is 9. The number of halogens is 1. The lowest BCUT2D eigenvalue weighted by atomic mass is 9.92. The Morgan fingerprint density at radius 2 is 1.90 bits per heavy atom. The van der Waals surface area contributed by atoms with Gasteiger partial charge in [0.25, 0.3) is 0 Å². The quantitative estimate of drug-likeness (QED) is 0.181. The first-order chi connectivity index (χ1) is 23.8. The molecule has 14 heteroatoms. The molecule has 4 aromatic rings. The molecule has 3 amide bonds. The summed E-state index contributed by atoms with van der Waals surface area (Å²) in [6.07, 6.45) is 4.05. The number of carbonyl (C=O) groups excluding carboxylic acids is 3. The molecular weight excluding hydrogens is 658 g/mol. The van der Waals surface area contributed by atoms with E-state index < -0.39 is 11.5 Å². The molecule has 1 unspecified atom stereocenters. The fraction of sp³-hybridized carbons (Fsp3) is 0.444. The lowest BCUT2D eigenvalue weighted by Gasteiger charge is -2.37. The van der Waals surface area contributed by atoms with Crippen LogP contribution < -0.4 is 25.8 Å². The molecular formula is C36H42ClN9O4. The van der Waals surface area contributed by atoms with Crippen molar-refractivity contribution in [3.8, 4) is 0 Å². The molecule has 0 saturated carbocycles. The molecule has 0 aliphatic carbocycles. The number of nitrogens with one attached hydrogen (secondary N) is 3. The van der Waals surface area contributed by atoms with Crippen molar-refractivity contribution in [2.45, 2.75) is 70.4 Å². The standard InChI is InChI=1S/C36H42ClN9O4/c1-20-19-45(13-11-27(20)39-22-7-8-24-29(17-22)44(4)43-32(24)25-9-10-30(47)41-34(25)49)35-38-18-26(37)33(42-35)40-23-6-5-21-15-31(48)46(28(21)16-23)14-12-36(2,3)50/h5-8,16-18,20,25,27,39,50H,9-15,19H2,1-4H3,(H,38,40,42)(H,41,47,49)/t20-,25?,27-/m1/s1. The number of carbonyl (C=O) groups is 3. The summed E-state index contributed by atoms with van der Waals surface area (Å²) in [5, 5.41) is 25.7. The number of imide groups is 1. The average molecular weight is 700 g/mol. The second kappa shape index (κ2) is 13.2. The van der Waals surface area contributed by atoms with E-state index in [1.54, 1.807) is 29.6 Å². The van der Waals surface area contributed by atoms with Gasteiger partial charge in [0.15, 0.2) is 5.82 Å². The second-order valence-electron chi connectivity index (χ2n) is 14.3. The van der Waals surface area contributed by atoms with Crippen molar-refractivity contribution in [1.82, 2.24) is 25.1 Å². The first-order valence-corrected chi connectivity index (χ1v) is 17.5. The molecule has 5 heterocycles. The van der Waals surface area contributed by atoms with Crippen molar-refractivity contribution in [3.63, 3.8) is 0 Å². The average Bonchev–Trinajstić information content (AvgIpc) is 3.56. The van der Waals surface area contributed by atoms with Crippen LogP contribution in [0.2, 0.25) is 5.02 Å². The number of benzene rings is 2. The van der Waals surface area contributed by atoms with Gasteiger partial charge < -0.3 is 25.5 Å². The van der Waals surface area contributed by atoms with Crippen LogP contribution in [0.1, 0.15) is 63.6 Å². The van der Waals surface area contributed by atoms with E-state index in [4.69, 9.17) is 16.6 Å². The summed E-state index contributed by atoms with van der Waals surface area (Å²) >= 11 is 6.56. The van der Waals surface area contributed by atoms with E-state index in [0.29, 0.717) is 54.7 Å². The Morgan fingerprint density at radius 3 is 2.66 bits per heavy atom. The van der Waals surface area contributed by atoms with Gasteiger partial charge in [-0.15, -0.1) is 0 Å². The third-order valence-corrected chi connectivity index (χ3v) is 10.2. The van der Waals surface area contributed by atoms with E-state index >= 15 is 0 Å². The minimum Gasteiger partial charge on any atom is -0.390 e. The molecule has 0 spiro atoms. The number of amides is 3. The second-order valence-corrected chi connectivity index (χ2v) is 14.7. The number of aryl methyl sites for hydroxylation is 1. The fourth-order valence-corrected chi connectivity index (χ4v) is 7.28. The molecule has 3 aliphatic rings. The van der Waals surface area contributed by atoms with Crippen LogP contribution in [0.15, 0.2) is 42.6 Å². The maximum absolute atomic E-state index is 12.7. The van der Waals surface area contributed by atoms with Crippen molar-refractivity contribution in [2.24, 2.45) is 13.0 Å². The highest BCUT2D eigenvalue weighted by molar-refractivity contribution is 6.33. The van der Waals surface area contributed by atoms with Gasteiger partial charge in [-0.25, -0.2) is 4.98 Å². The van der Waals surface area contributed by atoms with Gasteiger partial charge in [0.2, 0.25) is 23.7 Å². The molecule has 2 fully saturated rings. The van der Waals surface area contributed by atoms with Crippen LogP contribution in [0.3, 0.4) is 0 Å². The lowest BCUT2D eigenvalue weighted by Crippen LogP contribution is -2.46. The molecule has 7 rings (SSSR count). The molecule has 50 heavy (non-hydrogen) atoms. The van der Waals surface area contributed by atoms with Gasteiger partial charge in [0.05, 0.1) is 35.3 Å². The number of hydrogen-bond acceptors (Lipinski definition) is 10. The summed E-state index contributed by atoms with van der Waals surface area (Å²) in [5.74, 6) is 0.394. The van der Waals surface area contributed by atoms with Gasteiger partial charge >= 0.3 is 0 Å². The topological polar surface area (TPSA) is 158 Å². The van der Waals surface area contributed by atoms with E-state index in [9.17, 15) is 19.5 Å². The number of aliphatic hydroxyl groups is 1. The molecule has 4 N–H and O–H groups in total. The third-order valence-electron chi connectivity index (χ3n) is 9.95. The van der Waals surface area contributed by atoms with E-state index in [1.165, 1.54) is 0 Å². The zero-order valence-electron chi connectivity index (χ0n) is 28.7. The van der Waals surface area contributed by atoms with Crippen LogP contribution in [0.4, 0.5) is 28.8 Å². The SMILES string of the molecule is C[C@@H]1CN(c2ncc(Cl)c(Nc3ccc4c(c3)N(CCC(C)(C)O)C(=O)C4)n2)CC[C@H]1Nc1ccc2c(C3CCC(=O)NC3=O)nn(C)c2c1. The molecule has 13 nitrogen and oxygen atoms in total. The summed E-state index contributed by atoms with van der Waals surface area (Å²) in [6, 6.07) is 12.1. The monoisotopic (exact) mass is 699 g/mol. The zero-order chi connectivity index (χ0) is 35.3. The number of piperidine rings is 2. The maximum Gasteiger partial charge on any atom is 0.235 e. The van der Waals surface area contributed by atoms with Crippen molar-refractivity contribution in [1.29, 1.82) is 0 Å². The van der Waals surface area contributed by atoms with Gasteiger partial charge in [-0.1, -0.05) is 24.6 Å². The minimum atomic E-state index is -0.870. The number of hydrogen-bond donors (Lipinski definition) is 4. The number of aromatic nitrogens is 4. The molecule has 262 valence electrons. The molecule has 2 saturated heterocycles. The van der Waals surface area contributed by atoms with Gasteiger partial charge in [0, 0.05) is 61.6 Å². The molecule has 3 atom stereocenters. The van der Waals surface area contributed by atoms with Crippen molar-refractivity contribution >= 4 is 69.1 Å². The van der Waals surface area contributed by atoms with E-state index in [0.717, 1.165) is 53.0 Å². The summed E-state index contributed by atoms with van der Waals surface area (Å²) in [5.41, 5.74) is 4.27. The van der Waals surface area contributed by atoms with Crippen LogP contribution in [-0.2, 0) is 27.9 Å². The first kappa shape index (κ1) is 33.7. The smallest absolute Gasteiger partial charge is 0.235 e. The highest BCUT2D eigenvalue weighted by Crippen LogP contribution is 2.36. The summed E-state index contributed by atoms with van der Waals surface area (Å²) in [6.45, 7) is 7.61. The van der Waals surface area contributed by atoms with E-state index in [1.807, 2.05) is 37.4 Å². The predicted molar refractivity (Wildman–Crippen MR) is 193 cm³/mol. The summed E-state index contributed by atoms with van der Waals surface area (Å²) in [7, 11) is 1.87. The van der Waals surface area contributed by atoms with Gasteiger partial charge in [-0.3, -0.25) is 24.4 Å². The Balaban J connectivity index is 1.01. The van der Waals surface area contributed by atoms with Gasteiger partial charge in [0.1, 0.15) is 5.02 Å². The highest BCUT2D eigenvalue weighted by Gasteiger charge is 2.33. The van der Waals surface area contributed by atoms with Crippen LogP contribution >= 0.6 is 11.6 Å². The Hall–Kier alpha value is -4.75. The number of anilines is 5. The van der Waals surface area contributed by atoms with Crippen LogP contribution in [0.5, 0.6) is 0 Å². The first-order valence-electron chi connectivity index (χ1n) is 17.1. The Bertz CT molecular complexity index is 1990. The Labute approximate surface area is 295 Å². The van der Waals surface area contributed by atoms with Gasteiger partial charge in [-0.2, -0.15) is 10.1 Å². The van der Waals surface area contributed by atoms with Crippen LogP contribution in [-0.4, -0.2) is 73.9 Å². The zero-order valence-corrected chi connectivity index (χ0v) is 29.4. The number of nitrogens with zero attached hydrogens (tertiary/aromatic N) is 6. The van der Waals surface area contributed by atoms with E-state index in [2.05, 4.69) is 43.9 Å². The Morgan fingerprint density at radius 1 is 1.10 bits per heavy atom. The summed E-state index contributed by atoms with van der Waals surface area (Å²) in [4.78, 5) is 50.2. The number of fused-ring (bicyclic) bond motifs is 2. The maximum atomic E-state index is 12.7. The third kappa shape index (κ3) is 6.84. The molecule has 0 bridgehead atoms. The van der Waals surface area contributed by atoms with Crippen LogP contribution in [0.25, 0.3) is 10.9 Å². The fourth-order valence-electron chi connectivity index (χ4n) is 7.14. The normalized spacial score (nSPS) is 21.1. The van der Waals surface area contributed by atoms with Crippen molar-refractivity contribution < 1.29 is 19.5 Å². The summed E-state index contributed by atoms with van der Waals surface area (Å²) < 4.78 is 1.80. The molecule has 2 aromatic carbocycles. The van der Waals surface area contributed by atoms with Crippen LogP contribution in [0, 0.1) is 5.92 Å². The van der Waals surface area contributed by atoms with Crippen molar-refractivity contribution in [3.05, 3.63) is 58.9 Å². The molecule has 3 aliphatic heterocycles.